The van der Waals surface area contributed by atoms with Crippen LogP contribution in [0.4, 0.5) is 20.6 Å². The molecule has 1 aromatic carbocycles. The standard InChI is InChI=1S/C17H22FN3O3/c18-14-6-5-12(21-9-1-4-16(21)22)11-15(14)20-17(23)19-8-7-13-3-2-10-24-13/h5-6,11,13H,1-4,7-10H2,(H2,19,20,23)/t13-/m1/s1. The second-order valence-corrected chi connectivity index (χ2v) is 6.12. The Hall–Kier alpha value is -2.15. The molecule has 130 valence electrons. The molecule has 0 unspecified atom stereocenters. The molecule has 3 rings (SSSR count). The molecule has 0 spiro atoms. The number of carbonyl (C=O) groups excluding carboxylic acids is 2. The maximum Gasteiger partial charge on any atom is 0.319 e. The summed E-state index contributed by atoms with van der Waals surface area (Å²) in [4.78, 5) is 25.3. The lowest BCUT2D eigenvalue weighted by Crippen LogP contribution is -2.31. The van der Waals surface area contributed by atoms with Gasteiger partial charge in [-0.25, -0.2) is 9.18 Å². The number of urea groups is 1. The van der Waals surface area contributed by atoms with E-state index in [1.54, 1.807) is 11.0 Å². The maximum atomic E-state index is 13.9. The molecule has 2 N–H and O–H groups in total. The molecular formula is C17H22FN3O3. The van der Waals surface area contributed by atoms with E-state index in [1.807, 2.05) is 0 Å². The summed E-state index contributed by atoms with van der Waals surface area (Å²) in [5, 5.41) is 5.22. The van der Waals surface area contributed by atoms with Crippen molar-refractivity contribution >= 4 is 23.3 Å². The molecular weight excluding hydrogens is 313 g/mol. The van der Waals surface area contributed by atoms with Crippen LogP contribution in [0.15, 0.2) is 18.2 Å². The van der Waals surface area contributed by atoms with Gasteiger partial charge in [0.15, 0.2) is 0 Å². The van der Waals surface area contributed by atoms with Gasteiger partial charge >= 0.3 is 6.03 Å². The average Bonchev–Trinajstić information content (AvgIpc) is 3.21. The first-order valence-corrected chi connectivity index (χ1v) is 8.40. The predicted octanol–water partition coefficient (Wildman–Crippen LogP) is 2.64. The zero-order valence-corrected chi connectivity index (χ0v) is 13.5. The maximum absolute atomic E-state index is 13.9. The van der Waals surface area contributed by atoms with Crippen LogP contribution in [0, 0.1) is 5.82 Å². The predicted molar refractivity (Wildman–Crippen MR) is 88.6 cm³/mol. The highest BCUT2D eigenvalue weighted by Crippen LogP contribution is 2.26. The number of amides is 3. The Morgan fingerprint density at radius 3 is 2.96 bits per heavy atom. The highest BCUT2D eigenvalue weighted by atomic mass is 19.1. The molecule has 24 heavy (non-hydrogen) atoms. The number of halogens is 1. The molecule has 2 fully saturated rings. The number of hydrogen-bond acceptors (Lipinski definition) is 3. The Morgan fingerprint density at radius 1 is 1.38 bits per heavy atom. The third kappa shape index (κ3) is 4.03. The van der Waals surface area contributed by atoms with Gasteiger partial charge in [-0.2, -0.15) is 0 Å². The van der Waals surface area contributed by atoms with Crippen LogP contribution in [0.3, 0.4) is 0 Å². The first kappa shape index (κ1) is 16.7. The smallest absolute Gasteiger partial charge is 0.319 e. The molecule has 0 radical (unpaired) electrons. The van der Waals surface area contributed by atoms with Gasteiger partial charge < -0.3 is 20.3 Å². The van der Waals surface area contributed by atoms with Crippen molar-refractivity contribution in [2.24, 2.45) is 0 Å². The van der Waals surface area contributed by atoms with E-state index in [1.165, 1.54) is 12.1 Å². The van der Waals surface area contributed by atoms with E-state index in [4.69, 9.17) is 4.74 Å². The number of hydrogen-bond donors (Lipinski definition) is 2. The molecule has 0 aliphatic carbocycles. The molecule has 6 nitrogen and oxygen atoms in total. The summed E-state index contributed by atoms with van der Waals surface area (Å²) in [5.74, 6) is -0.506. The van der Waals surface area contributed by atoms with Crippen LogP contribution in [-0.2, 0) is 9.53 Å². The first-order valence-electron chi connectivity index (χ1n) is 8.40. The van der Waals surface area contributed by atoms with E-state index in [9.17, 15) is 14.0 Å². The topological polar surface area (TPSA) is 70.7 Å². The monoisotopic (exact) mass is 335 g/mol. The minimum absolute atomic E-state index is 0.0218. The fraction of sp³-hybridized carbons (Fsp3) is 0.529. The number of nitrogens with one attached hydrogen (secondary N) is 2. The summed E-state index contributed by atoms with van der Waals surface area (Å²) >= 11 is 0. The zero-order chi connectivity index (χ0) is 16.9. The third-order valence-corrected chi connectivity index (χ3v) is 4.36. The molecule has 2 aliphatic rings. The summed E-state index contributed by atoms with van der Waals surface area (Å²) in [5.41, 5.74) is 0.676. The SMILES string of the molecule is O=C(NCC[C@H]1CCCO1)Nc1cc(N2CCCC2=O)ccc1F. The van der Waals surface area contributed by atoms with E-state index < -0.39 is 11.8 Å². The number of rotatable bonds is 5. The van der Waals surface area contributed by atoms with Crippen LogP contribution in [0.5, 0.6) is 0 Å². The van der Waals surface area contributed by atoms with Gasteiger partial charge in [0, 0.05) is 31.8 Å². The third-order valence-electron chi connectivity index (χ3n) is 4.36. The highest BCUT2D eigenvalue weighted by Gasteiger charge is 2.22. The molecule has 0 bridgehead atoms. The van der Waals surface area contributed by atoms with Gasteiger partial charge in [0.1, 0.15) is 5.82 Å². The van der Waals surface area contributed by atoms with Gasteiger partial charge in [0.25, 0.3) is 0 Å². The van der Waals surface area contributed by atoms with Crippen LogP contribution in [0.25, 0.3) is 0 Å². The van der Waals surface area contributed by atoms with E-state index in [-0.39, 0.29) is 17.7 Å². The van der Waals surface area contributed by atoms with Crippen molar-refractivity contribution in [3.05, 3.63) is 24.0 Å². The van der Waals surface area contributed by atoms with Crippen molar-refractivity contribution in [2.45, 2.75) is 38.2 Å². The number of carbonyl (C=O) groups is 2. The summed E-state index contributed by atoms with van der Waals surface area (Å²) in [7, 11) is 0. The largest absolute Gasteiger partial charge is 0.378 e. The molecule has 2 saturated heterocycles. The lowest BCUT2D eigenvalue weighted by atomic mass is 10.2. The molecule has 2 aliphatic heterocycles. The summed E-state index contributed by atoms with van der Waals surface area (Å²) < 4.78 is 19.4. The van der Waals surface area contributed by atoms with E-state index in [0.717, 1.165) is 32.3 Å². The number of nitrogens with zero attached hydrogens (tertiary/aromatic N) is 1. The average molecular weight is 335 g/mol. The molecule has 0 saturated carbocycles. The summed E-state index contributed by atoms with van der Waals surface area (Å²) in [6, 6.07) is 3.86. The van der Waals surface area contributed by atoms with Gasteiger partial charge in [-0.3, -0.25) is 4.79 Å². The van der Waals surface area contributed by atoms with E-state index in [2.05, 4.69) is 10.6 Å². The van der Waals surface area contributed by atoms with Gasteiger partial charge in [0.05, 0.1) is 11.8 Å². The van der Waals surface area contributed by atoms with Crippen LogP contribution in [0.2, 0.25) is 0 Å². The fourth-order valence-corrected chi connectivity index (χ4v) is 3.08. The Balaban J connectivity index is 1.55. The zero-order valence-electron chi connectivity index (χ0n) is 13.5. The molecule has 3 amide bonds. The van der Waals surface area contributed by atoms with Crippen molar-refractivity contribution in [3.63, 3.8) is 0 Å². The van der Waals surface area contributed by atoms with Gasteiger partial charge in [-0.15, -0.1) is 0 Å². The normalized spacial score (nSPS) is 20.5. The second kappa shape index (κ2) is 7.61. The van der Waals surface area contributed by atoms with Crippen LogP contribution in [0.1, 0.15) is 32.1 Å². The Bertz CT molecular complexity index is 617. The molecule has 2 heterocycles. The van der Waals surface area contributed by atoms with Crippen LogP contribution >= 0.6 is 0 Å². The van der Waals surface area contributed by atoms with Gasteiger partial charge in [0.2, 0.25) is 5.91 Å². The molecule has 1 atom stereocenters. The lowest BCUT2D eigenvalue weighted by molar-refractivity contribution is -0.117. The van der Waals surface area contributed by atoms with E-state index >= 15 is 0 Å². The van der Waals surface area contributed by atoms with E-state index in [0.29, 0.717) is 25.2 Å². The molecule has 7 heteroatoms. The number of benzene rings is 1. The minimum atomic E-state index is -0.528. The second-order valence-electron chi connectivity index (χ2n) is 6.12. The Morgan fingerprint density at radius 2 is 2.25 bits per heavy atom. The van der Waals surface area contributed by atoms with Crippen LogP contribution in [-0.4, -0.2) is 37.7 Å². The van der Waals surface area contributed by atoms with Crippen molar-refractivity contribution in [3.8, 4) is 0 Å². The van der Waals surface area contributed by atoms with Crippen molar-refractivity contribution < 1.29 is 18.7 Å². The Labute approximate surface area is 140 Å². The van der Waals surface area contributed by atoms with Crippen molar-refractivity contribution in [1.82, 2.24) is 5.32 Å². The number of ether oxygens (including phenoxy) is 1. The van der Waals surface area contributed by atoms with Crippen molar-refractivity contribution in [2.75, 3.05) is 29.9 Å². The minimum Gasteiger partial charge on any atom is -0.378 e. The first-order chi connectivity index (χ1) is 11.6. The quantitative estimate of drug-likeness (QED) is 0.869. The van der Waals surface area contributed by atoms with Crippen molar-refractivity contribution in [1.29, 1.82) is 0 Å². The number of anilines is 2. The molecule has 0 aromatic heterocycles. The van der Waals surface area contributed by atoms with Gasteiger partial charge in [-0.05, 0) is 43.9 Å². The summed E-state index contributed by atoms with van der Waals surface area (Å²) in [6.07, 6.45) is 4.32. The molecule has 1 aromatic rings. The van der Waals surface area contributed by atoms with Gasteiger partial charge in [-0.1, -0.05) is 0 Å². The highest BCUT2D eigenvalue weighted by molar-refractivity contribution is 5.96. The van der Waals surface area contributed by atoms with Crippen LogP contribution < -0.4 is 15.5 Å². The lowest BCUT2D eigenvalue weighted by Gasteiger charge is -2.17. The summed E-state index contributed by atoms with van der Waals surface area (Å²) in [6.45, 7) is 1.88. The fourth-order valence-electron chi connectivity index (χ4n) is 3.08. The Kier molecular flexibility index (Phi) is 5.30.